The van der Waals surface area contributed by atoms with Crippen molar-refractivity contribution in [2.45, 2.75) is 31.3 Å². The molecule has 29 heavy (non-hydrogen) atoms. The third-order valence-electron chi connectivity index (χ3n) is 5.78. The van der Waals surface area contributed by atoms with Gasteiger partial charge in [-0.15, -0.1) is 0 Å². The average molecular weight is 395 g/mol. The first-order valence-corrected chi connectivity index (χ1v) is 9.85. The van der Waals surface area contributed by atoms with Crippen molar-refractivity contribution in [3.05, 3.63) is 58.0 Å². The van der Waals surface area contributed by atoms with Gasteiger partial charge in [0.25, 0.3) is 11.5 Å². The van der Waals surface area contributed by atoms with Crippen molar-refractivity contribution in [1.82, 2.24) is 20.0 Å². The molecule has 1 aromatic heterocycles. The molecule has 2 aliphatic rings. The third-order valence-corrected chi connectivity index (χ3v) is 5.78. The smallest absolute Gasteiger partial charge is 0.264 e. The molecular weight excluding hydrogens is 370 g/mol. The quantitative estimate of drug-likeness (QED) is 0.812. The highest BCUT2D eigenvalue weighted by molar-refractivity contribution is 5.95. The van der Waals surface area contributed by atoms with Gasteiger partial charge in [0.15, 0.2) is 0 Å². The fourth-order valence-corrected chi connectivity index (χ4v) is 4.18. The maximum atomic E-state index is 12.9. The summed E-state index contributed by atoms with van der Waals surface area (Å²) < 4.78 is 0. The molecule has 2 saturated heterocycles. The van der Waals surface area contributed by atoms with Gasteiger partial charge in [0.2, 0.25) is 5.91 Å². The van der Waals surface area contributed by atoms with Gasteiger partial charge in [-0.2, -0.15) is 5.10 Å². The van der Waals surface area contributed by atoms with Crippen LogP contribution in [0.3, 0.4) is 0 Å². The van der Waals surface area contributed by atoms with Gasteiger partial charge in [-0.25, -0.2) is 5.10 Å². The molecule has 0 radical (unpaired) electrons. The number of carbonyl (C=O) groups excluding carboxylic acids is 2. The minimum atomic E-state index is -0.252. The van der Waals surface area contributed by atoms with Gasteiger partial charge >= 0.3 is 0 Å². The Labute approximate surface area is 169 Å². The molecule has 152 valence electrons. The van der Waals surface area contributed by atoms with Crippen LogP contribution in [-0.2, 0) is 11.2 Å². The van der Waals surface area contributed by atoms with Crippen LogP contribution >= 0.6 is 0 Å². The van der Waals surface area contributed by atoms with E-state index in [-0.39, 0.29) is 29.5 Å². The summed E-state index contributed by atoms with van der Waals surface area (Å²) in [5, 5.41) is 6.33. The van der Waals surface area contributed by atoms with Gasteiger partial charge < -0.3 is 14.7 Å². The molecule has 2 bridgehead atoms. The van der Waals surface area contributed by atoms with Crippen LogP contribution in [0.5, 0.6) is 0 Å². The summed E-state index contributed by atoms with van der Waals surface area (Å²) in [6.07, 6.45) is 1.68. The Morgan fingerprint density at radius 2 is 1.76 bits per heavy atom. The summed E-state index contributed by atoms with van der Waals surface area (Å²) in [6, 6.07) is 10.8. The first-order valence-electron chi connectivity index (χ1n) is 9.85. The number of aryl methyl sites for hydroxylation is 1. The second kappa shape index (κ2) is 7.69. The zero-order valence-corrected chi connectivity index (χ0v) is 16.7. The number of aromatic nitrogens is 2. The van der Waals surface area contributed by atoms with Crippen LogP contribution in [0.1, 0.15) is 28.9 Å². The largest absolute Gasteiger partial charge is 0.378 e. The van der Waals surface area contributed by atoms with Crippen LogP contribution in [0.15, 0.2) is 41.2 Å². The molecule has 3 heterocycles. The Morgan fingerprint density at radius 3 is 2.34 bits per heavy atom. The summed E-state index contributed by atoms with van der Waals surface area (Å²) in [6.45, 7) is 1.17. The molecule has 0 unspecified atom stereocenters. The monoisotopic (exact) mass is 395 g/mol. The zero-order chi connectivity index (χ0) is 20.5. The Hall–Kier alpha value is -3.16. The number of amides is 2. The Balaban J connectivity index is 1.34. The lowest BCUT2D eigenvalue weighted by Gasteiger charge is -2.34. The third kappa shape index (κ3) is 3.87. The van der Waals surface area contributed by atoms with Crippen LogP contribution in [-0.4, -0.2) is 71.1 Å². The number of fused-ring (bicyclic) bond motifs is 2. The van der Waals surface area contributed by atoms with Crippen molar-refractivity contribution in [1.29, 1.82) is 0 Å². The van der Waals surface area contributed by atoms with Gasteiger partial charge in [-0.3, -0.25) is 14.4 Å². The highest BCUT2D eigenvalue weighted by Gasteiger charge is 2.46. The second-order valence-electron chi connectivity index (χ2n) is 7.90. The highest BCUT2D eigenvalue weighted by atomic mass is 16.2. The van der Waals surface area contributed by atoms with Crippen LogP contribution in [0.25, 0.3) is 0 Å². The number of nitrogens with zero attached hydrogens (tertiary/aromatic N) is 4. The number of hydrogen-bond acceptors (Lipinski definition) is 5. The predicted molar refractivity (Wildman–Crippen MR) is 109 cm³/mol. The van der Waals surface area contributed by atoms with Gasteiger partial charge in [-0.1, -0.05) is 0 Å². The van der Waals surface area contributed by atoms with Crippen LogP contribution in [0.2, 0.25) is 0 Å². The molecule has 0 aliphatic carbocycles. The van der Waals surface area contributed by atoms with Crippen molar-refractivity contribution in [3.63, 3.8) is 0 Å². The summed E-state index contributed by atoms with van der Waals surface area (Å²) in [4.78, 5) is 42.4. The van der Waals surface area contributed by atoms with Crippen molar-refractivity contribution in [2.24, 2.45) is 0 Å². The number of carbonyl (C=O) groups is 2. The topological polar surface area (TPSA) is 89.6 Å². The normalized spacial score (nSPS) is 20.2. The van der Waals surface area contributed by atoms with E-state index in [1.54, 1.807) is 6.07 Å². The molecule has 2 aromatic rings. The van der Waals surface area contributed by atoms with E-state index in [1.165, 1.54) is 6.07 Å². The van der Waals surface area contributed by atoms with Crippen molar-refractivity contribution < 1.29 is 9.59 Å². The molecule has 2 fully saturated rings. The van der Waals surface area contributed by atoms with E-state index in [4.69, 9.17) is 0 Å². The minimum absolute atomic E-state index is 0.0346. The van der Waals surface area contributed by atoms with Gasteiger partial charge in [0.05, 0.1) is 17.8 Å². The number of piperazine rings is 1. The summed E-state index contributed by atoms with van der Waals surface area (Å²) in [7, 11) is 3.93. The van der Waals surface area contributed by atoms with E-state index in [0.29, 0.717) is 37.2 Å². The number of hydrogen-bond donors (Lipinski definition) is 1. The zero-order valence-electron chi connectivity index (χ0n) is 16.7. The number of likely N-dealkylation sites (tertiary alicyclic amines) is 2. The SMILES string of the molecule is CN(C)c1ccc(C(=O)N2C[C@@H]3C[C@H]2CN3C(=O)CCc2ccc(=O)[nH]n2)cc1. The number of aromatic amines is 1. The van der Waals surface area contributed by atoms with Crippen molar-refractivity contribution in [2.75, 3.05) is 32.1 Å². The Bertz CT molecular complexity index is 949. The van der Waals surface area contributed by atoms with E-state index < -0.39 is 0 Å². The molecule has 0 spiro atoms. The molecular formula is C21H25N5O3. The first-order chi connectivity index (χ1) is 13.9. The molecule has 2 amide bonds. The van der Waals surface area contributed by atoms with Crippen molar-refractivity contribution in [3.8, 4) is 0 Å². The molecule has 8 nitrogen and oxygen atoms in total. The fourth-order valence-electron chi connectivity index (χ4n) is 4.18. The number of nitrogens with one attached hydrogen (secondary N) is 1. The van der Waals surface area contributed by atoms with E-state index in [9.17, 15) is 14.4 Å². The molecule has 2 atom stereocenters. The minimum Gasteiger partial charge on any atom is -0.378 e. The molecule has 2 aliphatic heterocycles. The lowest BCUT2D eigenvalue weighted by atomic mass is 10.1. The average Bonchev–Trinajstić information content (AvgIpc) is 3.34. The lowest BCUT2D eigenvalue weighted by molar-refractivity contribution is -0.133. The van der Waals surface area contributed by atoms with Crippen LogP contribution < -0.4 is 10.5 Å². The number of benzene rings is 1. The van der Waals surface area contributed by atoms with E-state index in [2.05, 4.69) is 10.2 Å². The lowest BCUT2D eigenvalue weighted by Crippen LogP contribution is -2.50. The van der Waals surface area contributed by atoms with Gasteiger partial charge in [0, 0.05) is 57.3 Å². The first kappa shape index (κ1) is 19.2. The highest BCUT2D eigenvalue weighted by Crippen LogP contribution is 2.32. The number of H-pyrrole nitrogens is 1. The summed E-state index contributed by atoms with van der Waals surface area (Å²) in [5.74, 6) is 0.111. The van der Waals surface area contributed by atoms with Gasteiger partial charge in [0.1, 0.15) is 0 Å². The van der Waals surface area contributed by atoms with Crippen LogP contribution in [0.4, 0.5) is 5.69 Å². The molecule has 0 saturated carbocycles. The van der Waals surface area contributed by atoms with E-state index in [0.717, 1.165) is 12.1 Å². The van der Waals surface area contributed by atoms with E-state index >= 15 is 0 Å². The molecule has 8 heteroatoms. The second-order valence-corrected chi connectivity index (χ2v) is 7.90. The summed E-state index contributed by atoms with van der Waals surface area (Å²) in [5.41, 5.74) is 2.18. The number of anilines is 1. The predicted octanol–water partition coefficient (Wildman–Crippen LogP) is 0.894. The Kier molecular flexibility index (Phi) is 5.08. The maximum absolute atomic E-state index is 12.9. The number of rotatable bonds is 5. The van der Waals surface area contributed by atoms with Gasteiger partial charge in [-0.05, 0) is 36.8 Å². The standard InChI is InChI=1S/C21H25N5O3/c1-24(2)16-7-3-14(4-8-16)21(29)26-13-17-11-18(26)12-25(17)20(28)10-6-15-5-9-19(27)23-22-15/h3-5,7-9,17-18H,6,10-13H2,1-2H3,(H,23,27)/t17-,18-/m0/s1. The molecule has 4 rings (SSSR count). The van der Waals surface area contributed by atoms with Crippen molar-refractivity contribution >= 4 is 17.5 Å². The fraction of sp³-hybridized carbons (Fsp3) is 0.429. The summed E-state index contributed by atoms with van der Waals surface area (Å²) >= 11 is 0. The van der Waals surface area contributed by atoms with Crippen LogP contribution in [0, 0.1) is 0 Å². The maximum Gasteiger partial charge on any atom is 0.264 e. The molecule has 1 N–H and O–H groups in total. The molecule has 1 aromatic carbocycles. The Morgan fingerprint density at radius 1 is 1.07 bits per heavy atom. The van der Waals surface area contributed by atoms with E-state index in [1.807, 2.05) is 53.1 Å².